The van der Waals surface area contributed by atoms with E-state index < -0.39 is 0 Å². The monoisotopic (exact) mass is 383 g/mol. The lowest BCUT2D eigenvalue weighted by Gasteiger charge is -2.34. The first-order valence-electron chi connectivity index (χ1n) is 11.0. The molecule has 4 rings (SSSR count). The Morgan fingerprint density at radius 1 is 1.14 bits per heavy atom. The van der Waals surface area contributed by atoms with Gasteiger partial charge in [-0.2, -0.15) is 4.98 Å². The molecule has 2 aliphatic rings. The summed E-state index contributed by atoms with van der Waals surface area (Å²) >= 11 is 0. The van der Waals surface area contributed by atoms with Crippen LogP contribution in [0, 0.1) is 6.92 Å². The molecule has 2 heterocycles. The Morgan fingerprint density at radius 2 is 1.93 bits per heavy atom. The van der Waals surface area contributed by atoms with Crippen LogP contribution in [0.5, 0.6) is 0 Å². The van der Waals surface area contributed by atoms with E-state index in [0.29, 0.717) is 6.04 Å². The fourth-order valence-electron chi connectivity index (χ4n) is 5.10. The van der Waals surface area contributed by atoms with Gasteiger partial charge in [0.15, 0.2) is 5.82 Å². The van der Waals surface area contributed by atoms with E-state index in [4.69, 9.17) is 9.51 Å². The van der Waals surface area contributed by atoms with Crippen LogP contribution in [0.3, 0.4) is 0 Å². The first-order chi connectivity index (χ1) is 13.7. The molecule has 1 atom stereocenters. The topological polar surface area (TPSA) is 62.4 Å². The van der Waals surface area contributed by atoms with Gasteiger partial charge in [-0.05, 0) is 57.6 Å². The third-order valence-corrected chi connectivity index (χ3v) is 6.74. The Bertz CT molecular complexity index is 749. The number of hydrogen-bond donors (Lipinski definition) is 1. The molecule has 1 aromatic carbocycles. The predicted octanol–water partition coefficient (Wildman–Crippen LogP) is 4.37. The van der Waals surface area contributed by atoms with Crippen molar-refractivity contribution < 1.29 is 9.63 Å². The lowest BCUT2D eigenvalue weighted by molar-refractivity contribution is 0.110. The highest BCUT2D eigenvalue weighted by molar-refractivity contribution is 5.35. The summed E-state index contributed by atoms with van der Waals surface area (Å²) < 4.78 is 5.75. The first-order valence-corrected chi connectivity index (χ1v) is 11.0. The van der Waals surface area contributed by atoms with E-state index in [2.05, 4.69) is 41.2 Å². The van der Waals surface area contributed by atoms with Crippen LogP contribution < -0.4 is 0 Å². The van der Waals surface area contributed by atoms with Gasteiger partial charge in [-0.15, -0.1) is 0 Å². The molecule has 0 spiro atoms. The first kappa shape index (κ1) is 19.6. The second-order valence-electron chi connectivity index (χ2n) is 8.65. The van der Waals surface area contributed by atoms with E-state index in [1.165, 1.54) is 43.2 Å². The second-order valence-corrected chi connectivity index (χ2v) is 8.65. The number of nitrogens with zero attached hydrogens (tertiary/aromatic N) is 3. The summed E-state index contributed by atoms with van der Waals surface area (Å²) in [5.41, 5.74) is 2.51. The molecular weight excluding hydrogens is 350 g/mol. The van der Waals surface area contributed by atoms with E-state index in [1.807, 2.05) is 0 Å². The fraction of sp³-hybridized carbons (Fsp3) is 0.652. The van der Waals surface area contributed by atoms with E-state index >= 15 is 0 Å². The van der Waals surface area contributed by atoms with Crippen LogP contribution in [0.25, 0.3) is 0 Å². The van der Waals surface area contributed by atoms with Crippen molar-refractivity contribution in [3.8, 4) is 0 Å². The average molecular weight is 384 g/mol. The van der Waals surface area contributed by atoms with Gasteiger partial charge < -0.3 is 9.63 Å². The highest BCUT2D eigenvalue weighted by Gasteiger charge is 2.41. The third-order valence-electron chi connectivity index (χ3n) is 6.74. The van der Waals surface area contributed by atoms with Crippen molar-refractivity contribution in [2.45, 2.75) is 82.7 Å². The van der Waals surface area contributed by atoms with Gasteiger partial charge in [0.2, 0.25) is 5.89 Å². The molecular formula is C23H33N3O2. The number of likely N-dealkylation sites (tertiary alicyclic amines) is 1. The van der Waals surface area contributed by atoms with Gasteiger partial charge >= 0.3 is 0 Å². The molecule has 152 valence electrons. The number of aliphatic hydroxyl groups is 1. The van der Waals surface area contributed by atoms with E-state index in [1.54, 1.807) is 0 Å². The number of piperidine rings is 1. The van der Waals surface area contributed by atoms with Crippen LogP contribution in [-0.2, 0) is 12.0 Å². The van der Waals surface area contributed by atoms with Crippen LogP contribution in [0.15, 0.2) is 28.8 Å². The summed E-state index contributed by atoms with van der Waals surface area (Å²) in [7, 11) is 0. The van der Waals surface area contributed by atoms with Crippen molar-refractivity contribution in [3.63, 3.8) is 0 Å². The van der Waals surface area contributed by atoms with Crippen LogP contribution in [0.1, 0.15) is 80.6 Å². The minimum absolute atomic E-state index is 0.0896. The van der Waals surface area contributed by atoms with Gasteiger partial charge in [0.05, 0.1) is 12.0 Å². The zero-order valence-corrected chi connectivity index (χ0v) is 17.1. The number of benzene rings is 1. The number of aromatic nitrogens is 2. The SMILES string of the molecule is Cc1ccc(C2(c3noc(CN4CCCCC4CCCO)n3)CCCC2)cc1. The lowest BCUT2D eigenvalue weighted by Crippen LogP contribution is -2.39. The summed E-state index contributed by atoms with van der Waals surface area (Å²) in [6.07, 6.45) is 10.2. The Kier molecular flexibility index (Phi) is 6.12. The van der Waals surface area contributed by atoms with E-state index in [0.717, 1.165) is 50.5 Å². The molecule has 0 amide bonds. The highest BCUT2D eigenvalue weighted by atomic mass is 16.5. The molecule has 28 heavy (non-hydrogen) atoms. The van der Waals surface area contributed by atoms with Crippen LogP contribution in [-0.4, -0.2) is 39.3 Å². The maximum absolute atomic E-state index is 9.19. The van der Waals surface area contributed by atoms with Gasteiger partial charge in [0.25, 0.3) is 0 Å². The number of hydrogen-bond acceptors (Lipinski definition) is 5. The quantitative estimate of drug-likeness (QED) is 0.769. The largest absolute Gasteiger partial charge is 0.396 e. The molecule has 1 unspecified atom stereocenters. The average Bonchev–Trinajstić information content (AvgIpc) is 3.38. The molecule has 0 bridgehead atoms. The van der Waals surface area contributed by atoms with Gasteiger partial charge in [-0.3, -0.25) is 4.90 Å². The van der Waals surface area contributed by atoms with Crippen molar-refractivity contribution in [2.75, 3.05) is 13.2 Å². The van der Waals surface area contributed by atoms with Crippen molar-refractivity contribution in [3.05, 3.63) is 47.1 Å². The zero-order valence-electron chi connectivity index (χ0n) is 17.1. The zero-order chi connectivity index (χ0) is 19.4. The van der Waals surface area contributed by atoms with E-state index in [9.17, 15) is 5.11 Å². The Balaban J connectivity index is 1.53. The molecule has 1 saturated heterocycles. The summed E-state index contributed by atoms with van der Waals surface area (Å²) in [5.74, 6) is 1.61. The molecule has 2 fully saturated rings. The number of aryl methyl sites for hydroxylation is 1. The van der Waals surface area contributed by atoms with Crippen molar-refractivity contribution >= 4 is 0 Å². The Hall–Kier alpha value is -1.72. The van der Waals surface area contributed by atoms with Crippen molar-refractivity contribution in [1.82, 2.24) is 15.0 Å². The van der Waals surface area contributed by atoms with E-state index in [-0.39, 0.29) is 12.0 Å². The van der Waals surface area contributed by atoms with Gasteiger partial charge in [0.1, 0.15) is 0 Å². The summed E-state index contributed by atoms with van der Waals surface area (Å²) in [6.45, 7) is 4.21. The van der Waals surface area contributed by atoms with Crippen LogP contribution in [0.2, 0.25) is 0 Å². The maximum Gasteiger partial charge on any atom is 0.240 e. The summed E-state index contributed by atoms with van der Waals surface area (Å²) in [6, 6.07) is 9.39. The van der Waals surface area contributed by atoms with Gasteiger partial charge in [-0.1, -0.05) is 54.2 Å². The van der Waals surface area contributed by atoms with Gasteiger partial charge in [0, 0.05) is 12.6 Å². The smallest absolute Gasteiger partial charge is 0.240 e. The molecule has 1 aliphatic carbocycles. The van der Waals surface area contributed by atoms with Crippen LogP contribution >= 0.6 is 0 Å². The molecule has 2 aromatic rings. The third kappa shape index (κ3) is 4.01. The normalized spacial score (nSPS) is 22.6. The van der Waals surface area contributed by atoms with Crippen LogP contribution in [0.4, 0.5) is 0 Å². The second kappa shape index (κ2) is 8.75. The molecule has 1 saturated carbocycles. The maximum atomic E-state index is 9.19. The number of aliphatic hydroxyl groups excluding tert-OH is 1. The van der Waals surface area contributed by atoms with Crippen molar-refractivity contribution in [1.29, 1.82) is 0 Å². The molecule has 0 radical (unpaired) electrons. The molecule has 5 nitrogen and oxygen atoms in total. The molecule has 1 aliphatic heterocycles. The lowest BCUT2D eigenvalue weighted by atomic mass is 9.78. The van der Waals surface area contributed by atoms with Crippen molar-refractivity contribution in [2.24, 2.45) is 0 Å². The minimum Gasteiger partial charge on any atom is -0.396 e. The van der Waals surface area contributed by atoms with Gasteiger partial charge in [-0.25, -0.2) is 0 Å². The molecule has 1 N–H and O–H groups in total. The highest BCUT2D eigenvalue weighted by Crippen LogP contribution is 2.45. The summed E-state index contributed by atoms with van der Waals surface area (Å²) in [4.78, 5) is 7.38. The minimum atomic E-state index is -0.0896. The molecule has 5 heteroatoms. The fourth-order valence-corrected chi connectivity index (χ4v) is 5.10. The Labute approximate surface area is 168 Å². The number of rotatable bonds is 7. The Morgan fingerprint density at radius 3 is 2.68 bits per heavy atom. The standard InChI is InChI=1S/C23H33N3O2/c1-18-9-11-19(12-10-18)23(13-3-4-14-23)22-24-21(28-25-22)17-26-15-5-2-7-20(26)8-6-16-27/h9-12,20,27H,2-8,13-17H2,1H3. The summed E-state index contributed by atoms with van der Waals surface area (Å²) in [5, 5.41) is 13.7. The molecule has 1 aromatic heterocycles. The predicted molar refractivity (Wildman–Crippen MR) is 109 cm³/mol.